The molecule has 1 aliphatic carbocycles. The smallest absolute Gasteiger partial charge is 0.300 e. The zero-order chi connectivity index (χ0) is 21.3. The second-order valence-electron chi connectivity index (χ2n) is 8.55. The maximum Gasteiger partial charge on any atom is 0.300 e. The summed E-state index contributed by atoms with van der Waals surface area (Å²) in [6, 6.07) is 2.04. The van der Waals surface area contributed by atoms with Crippen LogP contribution in [0, 0.1) is 29.9 Å². The van der Waals surface area contributed by atoms with E-state index < -0.39 is 11.6 Å². The summed E-state index contributed by atoms with van der Waals surface area (Å²) in [5, 5.41) is 4.06. The van der Waals surface area contributed by atoms with E-state index in [1.165, 1.54) is 12.5 Å². The number of aromatic nitrogens is 1. The lowest BCUT2D eigenvalue weighted by atomic mass is 9.78. The average Bonchev–Trinajstić information content (AvgIpc) is 3.11. The molecule has 1 fully saturated rings. The maximum absolute atomic E-state index is 14.6. The number of nitrogens with one attached hydrogen (secondary N) is 2. The van der Waals surface area contributed by atoms with Gasteiger partial charge in [0.05, 0.1) is 17.7 Å². The summed E-state index contributed by atoms with van der Waals surface area (Å²) < 4.78 is 28.6. The number of aromatic amines is 1. The van der Waals surface area contributed by atoms with Gasteiger partial charge in [-0.25, -0.2) is 8.78 Å². The fourth-order valence-corrected chi connectivity index (χ4v) is 5.26. The summed E-state index contributed by atoms with van der Waals surface area (Å²) in [5.41, 5.74) is 2.03. The molecule has 2 heterocycles. The molecular weight excluding hydrogens is 384 g/mol. The SMILES string of the molecule is C#CC(=O)N1[C@@H](NCCCC)Cc2c([nH]c3c(F)cc(F)cc23)[C@@H]1C1CCCCC1. The Kier molecular flexibility index (Phi) is 6.10. The molecule has 0 unspecified atom stereocenters. The van der Waals surface area contributed by atoms with E-state index in [4.69, 9.17) is 6.42 Å². The summed E-state index contributed by atoms with van der Waals surface area (Å²) >= 11 is 0. The second kappa shape index (κ2) is 8.77. The van der Waals surface area contributed by atoms with E-state index in [1.807, 2.05) is 0 Å². The van der Waals surface area contributed by atoms with Crippen LogP contribution in [0.3, 0.4) is 0 Å². The molecule has 1 amide bonds. The van der Waals surface area contributed by atoms with E-state index in [0.717, 1.165) is 62.4 Å². The first-order valence-corrected chi connectivity index (χ1v) is 11.1. The number of unbranched alkanes of at least 4 members (excludes halogenated alkanes) is 1. The van der Waals surface area contributed by atoms with Gasteiger partial charge in [0.2, 0.25) is 0 Å². The van der Waals surface area contributed by atoms with E-state index in [0.29, 0.717) is 17.3 Å². The van der Waals surface area contributed by atoms with Gasteiger partial charge in [-0.1, -0.05) is 32.6 Å². The quantitative estimate of drug-likeness (QED) is 0.546. The molecule has 1 aliphatic heterocycles. The lowest BCUT2D eigenvalue weighted by molar-refractivity contribution is -0.134. The summed E-state index contributed by atoms with van der Waals surface area (Å²) in [5.74, 6) is 1.01. The number of carbonyl (C=O) groups excluding carboxylic acids is 1. The number of benzene rings is 1. The molecule has 0 saturated heterocycles. The van der Waals surface area contributed by atoms with Gasteiger partial charge in [-0.3, -0.25) is 10.1 Å². The Labute approximate surface area is 176 Å². The van der Waals surface area contributed by atoms with Crippen molar-refractivity contribution in [2.45, 2.75) is 70.5 Å². The standard InChI is InChI=1S/C24H29F2N3O/c1-3-5-11-27-20-14-18-17-12-16(25)13-19(26)22(17)28-23(18)24(29(20)21(30)4-2)15-9-7-6-8-10-15/h2,12-13,15,20,24,27-28H,3,5-11,14H2,1H3/t20-,24+/m1/s1. The molecule has 0 radical (unpaired) electrons. The largest absolute Gasteiger partial charge is 0.354 e. The van der Waals surface area contributed by atoms with Crippen molar-refractivity contribution in [1.82, 2.24) is 15.2 Å². The third kappa shape index (κ3) is 3.72. The van der Waals surface area contributed by atoms with Crippen molar-refractivity contribution in [3.8, 4) is 12.3 Å². The lowest BCUT2D eigenvalue weighted by Gasteiger charge is -2.45. The van der Waals surface area contributed by atoms with E-state index in [2.05, 4.69) is 23.1 Å². The van der Waals surface area contributed by atoms with Crippen LogP contribution in [-0.2, 0) is 11.2 Å². The number of amides is 1. The zero-order valence-corrected chi connectivity index (χ0v) is 17.4. The van der Waals surface area contributed by atoms with Gasteiger partial charge in [0.1, 0.15) is 11.6 Å². The molecule has 0 spiro atoms. The molecule has 4 nitrogen and oxygen atoms in total. The number of terminal acetylenes is 1. The first kappa shape index (κ1) is 20.9. The Morgan fingerprint density at radius 1 is 1.30 bits per heavy atom. The van der Waals surface area contributed by atoms with Gasteiger partial charge in [-0.15, -0.1) is 6.42 Å². The minimum absolute atomic E-state index is 0.242. The highest BCUT2D eigenvalue weighted by Gasteiger charge is 2.43. The monoisotopic (exact) mass is 413 g/mol. The Hall–Kier alpha value is -2.39. The third-order valence-corrected chi connectivity index (χ3v) is 6.66. The van der Waals surface area contributed by atoms with E-state index in [1.54, 1.807) is 4.90 Å². The van der Waals surface area contributed by atoms with Crippen LogP contribution in [0.2, 0.25) is 0 Å². The van der Waals surface area contributed by atoms with Crippen molar-refractivity contribution < 1.29 is 13.6 Å². The van der Waals surface area contributed by atoms with E-state index in [-0.39, 0.29) is 24.0 Å². The Morgan fingerprint density at radius 2 is 2.07 bits per heavy atom. The predicted octanol–water partition coefficient (Wildman–Crippen LogP) is 4.80. The molecule has 4 rings (SSSR count). The van der Waals surface area contributed by atoms with Crippen LogP contribution >= 0.6 is 0 Å². The molecule has 2 aromatic rings. The topological polar surface area (TPSA) is 48.1 Å². The first-order valence-electron chi connectivity index (χ1n) is 11.1. The van der Waals surface area contributed by atoms with E-state index >= 15 is 0 Å². The minimum atomic E-state index is -0.605. The molecule has 1 aromatic heterocycles. The first-order chi connectivity index (χ1) is 14.5. The molecule has 1 aromatic carbocycles. The molecule has 1 saturated carbocycles. The van der Waals surface area contributed by atoms with Gasteiger partial charge < -0.3 is 9.88 Å². The number of fused-ring (bicyclic) bond motifs is 3. The van der Waals surface area contributed by atoms with Crippen molar-refractivity contribution in [2.75, 3.05) is 6.54 Å². The van der Waals surface area contributed by atoms with Crippen molar-refractivity contribution in [1.29, 1.82) is 0 Å². The van der Waals surface area contributed by atoms with Gasteiger partial charge in [0.15, 0.2) is 0 Å². The van der Waals surface area contributed by atoms with Crippen LogP contribution in [0.5, 0.6) is 0 Å². The summed E-state index contributed by atoms with van der Waals surface area (Å²) in [7, 11) is 0. The number of hydrogen-bond acceptors (Lipinski definition) is 2. The molecule has 6 heteroatoms. The molecule has 2 aliphatic rings. The normalized spacial score (nSPS) is 22.1. The molecule has 2 atom stereocenters. The number of hydrogen-bond donors (Lipinski definition) is 2. The van der Waals surface area contributed by atoms with Crippen molar-refractivity contribution in [2.24, 2.45) is 5.92 Å². The molecule has 30 heavy (non-hydrogen) atoms. The number of rotatable bonds is 5. The lowest BCUT2D eigenvalue weighted by Crippen LogP contribution is -2.55. The Morgan fingerprint density at radius 3 is 2.77 bits per heavy atom. The van der Waals surface area contributed by atoms with Gasteiger partial charge in [-0.2, -0.15) is 0 Å². The van der Waals surface area contributed by atoms with Crippen LogP contribution in [-0.4, -0.2) is 28.5 Å². The van der Waals surface area contributed by atoms with Crippen LogP contribution < -0.4 is 5.32 Å². The highest BCUT2D eigenvalue weighted by molar-refractivity contribution is 5.94. The number of halogens is 2. The maximum atomic E-state index is 14.6. The fraction of sp³-hybridized carbons (Fsp3) is 0.542. The zero-order valence-electron chi connectivity index (χ0n) is 17.4. The number of H-pyrrole nitrogens is 1. The fourth-order valence-electron chi connectivity index (χ4n) is 5.26. The van der Waals surface area contributed by atoms with Crippen molar-refractivity contribution >= 4 is 16.8 Å². The third-order valence-electron chi connectivity index (χ3n) is 6.66. The summed E-state index contributed by atoms with van der Waals surface area (Å²) in [4.78, 5) is 17.9. The number of carbonyl (C=O) groups is 1. The second-order valence-corrected chi connectivity index (χ2v) is 8.55. The Balaban J connectivity index is 1.85. The van der Waals surface area contributed by atoms with Gasteiger partial charge in [-0.05, 0) is 49.3 Å². The summed E-state index contributed by atoms with van der Waals surface area (Å²) in [6.45, 7) is 2.87. The average molecular weight is 414 g/mol. The van der Waals surface area contributed by atoms with Crippen LogP contribution in [0.4, 0.5) is 8.78 Å². The molecule has 2 N–H and O–H groups in total. The van der Waals surface area contributed by atoms with E-state index in [9.17, 15) is 13.6 Å². The molecular formula is C24H29F2N3O. The highest BCUT2D eigenvalue weighted by Crippen LogP contribution is 2.45. The van der Waals surface area contributed by atoms with Crippen molar-refractivity contribution in [3.63, 3.8) is 0 Å². The predicted molar refractivity (Wildman–Crippen MR) is 114 cm³/mol. The molecule has 160 valence electrons. The van der Waals surface area contributed by atoms with Crippen molar-refractivity contribution in [3.05, 3.63) is 35.0 Å². The number of nitrogens with zero attached hydrogens (tertiary/aromatic N) is 1. The molecule has 0 bridgehead atoms. The highest BCUT2D eigenvalue weighted by atomic mass is 19.1. The van der Waals surface area contributed by atoms with Gasteiger partial charge in [0, 0.05) is 23.6 Å². The summed E-state index contributed by atoms with van der Waals surface area (Å²) in [6.07, 6.45) is 13.1. The van der Waals surface area contributed by atoms with Gasteiger partial charge in [0.25, 0.3) is 5.91 Å². The van der Waals surface area contributed by atoms with Crippen LogP contribution in [0.1, 0.15) is 69.2 Å². The Bertz CT molecular complexity index is 971. The van der Waals surface area contributed by atoms with Crippen LogP contribution in [0.15, 0.2) is 12.1 Å². The minimum Gasteiger partial charge on any atom is -0.354 e. The van der Waals surface area contributed by atoms with Crippen LogP contribution in [0.25, 0.3) is 10.9 Å². The van der Waals surface area contributed by atoms with Gasteiger partial charge >= 0.3 is 0 Å².